The highest BCUT2D eigenvalue weighted by Gasteiger charge is 2.10. The number of fused-ring (bicyclic) bond motifs is 1. The molecule has 0 amide bonds. The van der Waals surface area contributed by atoms with Gasteiger partial charge < -0.3 is 19.8 Å². The number of phenols is 1. The van der Waals surface area contributed by atoms with Crippen molar-refractivity contribution in [3.8, 4) is 28.3 Å². The highest BCUT2D eigenvalue weighted by molar-refractivity contribution is 5.84. The summed E-state index contributed by atoms with van der Waals surface area (Å²) in [5, 5.41) is 20.0. The first kappa shape index (κ1) is 14.1. The summed E-state index contributed by atoms with van der Waals surface area (Å²) in [4.78, 5) is 14.1. The Bertz CT molecular complexity index is 1090. The highest BCUT2D eigenvalue weighted by atomic mass is 16.3. The Morgan fingerprint density at radius 2 is 1.62 bits per heavy atom. The minimum absolute atomic E-state index is 0.0662. The number of benzene rings is 2. The van der Waals surface area contributed by atoms with E-state index in [1.54, 1.807) is 29.0 Å². The van der Waals surface area contributed by atoms with Crippen LogP contribution in [0.25, 0.3) is 27.8 Å². The van der Waals surface area contributed by atoms with Crippen LogP contribution in [0.15, 0.2) is 71.7 Å². The van der Waals surface area contributed by atoms with Crippen molar-refractivity contribution in [2.75, 3.05) is 0 Å². The Morgan fingerprint density at radius 1 is 0.875 bits per heavy atom. The van der Waals surface area contributed by atoms with Crippen LogP contribution in [0.3, 0.4) is 0 Å². The summed E-state index contributed by atoms with van der Waals surface area (Å²) in [6.45, 7) is 0. The van der Waals surface area contributed by atoms with E-state index in [9.17, 15) is 15.0 Å². The second kappa shape index (κ2) is 5.31. The van der Waals surface area contributed by atoms with Gasteiger partial charge in [0.05, 0.1) is 5.52 Å². The van der Waals surface area contributed by atoms with Crippen LogP contribution >= 0.6 is 0 Å². The van der Waals surface area contributed by atoms with Crippen LogP contribution < -0.4 is 5.56 Å². The van der Waals surface area contributed by atoms with Crippen molar-refractivity contribution in [1.82, 2.24) is 9.55 Å². The number of H-pyrrole nitrogens is 1. The van der Waals surface area contributed by atoms with E-state index in [0.717, 1.165) is 22.9 Å². The third-order valence-corrected chi connectivity index (χ3v) is 4.02. The predicted octanol–water partition coefficient (Wildman–Crippen LogP) is 3.40. The fraction of sp³-hybridized carbons (Fsp3) is 0. The average Bonchev–Trinajstić information content (AvgIpc) is 2.99. The molecule has 0 bridgehead atoms. The van der Waals surface area contributed by atoms with Crippen molar-refractivity contribution < 1.29 is 10.2 Å². The summed E-state index contributed by atoms with van der Waals surface area (Å²) in [7, 11) is 0. The molecule has 0 radical (unpaired) electrons. The maximum absolute atomic E-state index is 11.4. The van der Waals surface area contributed by atoms with Gasteiger partial charge in [-0.2, -0.15) is 0 Å². The van der Waals surface area contributed by atoms with Gasteiger partial charge in [-0.1, -0.05) is 30.3 Å². The normalized spacial score (nSPS) is 11.0. The first-order valence-corrected chi connectivity index (χ1v) is 7.45. The van der Waals surface area contributed by atoms with Crippen molar-refractivity contribution in [2.45, 2.75) is 0 Å². The lowest BCUT2D eigenvalue weighted by molar-refractivity contribution is 0.477. The second-order valence-corrected chi connectivity index (χ2v) is 5.53. The quantitative estimate of drug-likeness (QED) is 0.530. The molecule has 5 nitrogen and oxygen atoms in total. The molecule has 0 unspecified atom stereocenters. The van der Waals surface area contributed by atoms with Gasteiger partial charge in [-0.25, -0.2) is 0 Å². The van der Waals surface area contributed by atoms with Crippen molar-refractivity contribution in [1.29, 1.82) is 0 Å². The molecular formula is C19H14N2O3. The van der Waals surface area contributed by atoms with Gasteiger partial charge in [0.1, 0.15) is 17.0 Å². The molecule has 118 valence electrons. The molecule has 0 saturated carbocycles. The van der Waals surface area contributed by atoms with E-state index in [1.165, 1.54) is 0 Å². The first-order valence-electron chi connectivity index (χ1n) is 7.45. The average molecular weight is 318 g/mol. The molecule has 0 aliphatic heterocycles. The molecule has 2 aromatic carbocycles. The van der Waals surface area contributed by atoms with Gasteiger partial charge in [-0.3, -0.25) is 4.79 Å². The molecule has 5 heteroatoms. The van der Waals surface area contributed by atoms with Crippen LogP contribution in [0.2, 0.25) is 0 Å². The monoisotopic (exact) mass is 318 g/mol. The third kappa shape index (κ3) is 2.23. The first-order chi connectivity index (χ1) is 11.6. The molecule has 4 rings (SSSR count). The minimum atomic E-state index is -0.340. The standard InChI is InChI=1S/C19H14N2O3/c22-16-4-2-1-3-14(16)12-5-7-13(8-6-12)21-10-9-15-19(21)17(23)11-18(24)20-15/h1-11,22H,(H2,20,23,24). The van der Waals surface area contributed by atoms with E-state index in [0.29, 0.717) is 11.0 Å². The number of pyridine rings is 1. The maximum atomic E-state index is 11.4. The third-order valence-electron chi connectivity index (χ3n) is 4.02. The zero-order chi connectivity index (χ0) is 16.7. The van der Waals surface area contributed by atoms with Crippen LogP contribution in [0.5, 0.6) is 11.5 Å². The van der Waals surface area contributed by atoms with Gasteiger partial charge in [-0.15, -0.1) is 0 Å². The molecule has 0 spiro atoms. The minimum Gasteiger partial charge on any atom is -0.507 e. The van der Waals surface area contributed by atoms with Gasteiger partial charge in [0.15, 0.2) is 0 Å². The van der Waals surface area contributed by atoms with Crippen molar-refractivity contribution in [2.24, 2.45) is 0 Å². The summed E-state index contributed by atoms with van der Waals surface area (Å²) in [6.07, 6.45) is 1.79. The molecule has 2 aromatic heterocycles. The van der Waals surface area contributed by atoms with E-state index in [4.69, 9.17) is 0 Å². The Morgan fingerprint density at radius 3 is 2.38 bits per heavy atom. The van der Waals surface area contributed by atoms with Gasteiger partial charge in [0.25, 0.3) is 5.56 Å². The Balaban J connectivity index is 1.82. The number of rotatable bonds is 2. The smallest absolute Gasteiger partial charge is 0.252 e. The molecule has 2 heterocycles. The summed E-state index contributed by atoms with van der Waals surface area (Å²) >= 11 is 0. The highest BCUT2D eigenvalue weighted by Crippen LogP contribution is 2.30. The van der Waals surface area contributed by atoms with Gasteiger partial charge in [-0.05, 0) is 29.8 Å². The fourth-order valence-corrected chi connectivity index (χ4v) is 2.89. The van der Waals surface area contributed by atoms with Crippen LogP contribution in [-0.4, -0.2) is 19.8 Å². The predicted molar refractivity (Wildman–Crippen MR) is 92.7 cm³/mol. The van der Waals surface area contributed by atoms with E-state index >= 15 is 0 Å². The fourth-order valence-electron chi connectivity index (χ4n) is 2.89. The molecule has 4 aromatic rings. The number of aromatic nitrogens is 2. The Labute approximate surface area is 137 Å². The number of nitrogens with zero attached hydrogens (tertiary/aromatic N) is 1. The number of aromatic amines is 1. The summed E-state index contributed by atoms with van der Waals surface area (Å²) < 4.78 is 1.80. The molecule has 24 heavy (non-hydrogen) atoms. The lowest BCUT2D eigenvalue weighted by atomic mass is 10.0. The number of nitrogens with one attached hydrogen (secondary N) is 1. The summed E-state index contributed by atoms with van der Waals surface area (Å²) in [5.41, 5.74) is 3.27. The van der Waals surface area contributed by atoms with Crippen LogP contribution in [0.4, 0.5) is 0 Å². The topological polar surface area (TPSA) is 78.2 Å². The van der Waals surface area contributed by atoms with Crippen molar-refractivity contribution in [3.63, 3.8) is 0 Å². The second-order valence-electron chi connectivity index (χ2n) is 5.53. The van der Waals surface area contributed by atoms with Crippen molar-refractivity contribution >= 4 is 11.0 Å². The van der Waals surface area contributed by atoms with E-state index in [1.807, 2.05) is 36.4 Å². The number of hydrogen-bond donors (Lipinski definition) is 3. The number of para-hydroxylation sites is 1. The number of aromatic hydroxyl groups is 2. The van der Waals surface area contributed by atoms with Gasteiger partial charge in [0.2, 0.25) is 0 Å². The lowest BCUT2D eigenvalue weighted by Crippen LogP contribution is -2.03. The van der Waals surface area contributed by atoms with E-state index < -0.39 is 0 Å². The zero-order valence-corrected chi connectivity index (χ0v) is 12.6. The van der Waals surface area contributed by atoms with Crippen LogP contribution in [-0.2, 0) is 0 Å². The summed E-state index contributed by atoms with van der Waals surface area (Å²) in [6, 6.07) is 17.7. The van der Waals surface area contributed by atoms with Crippen LogP contribution in [0, 0.1) is 0 Å². The zero-order valence-electron chi connectivity index (χ0n) is 12.6. The maximum Gasteiger partial charge on any atom is 0.252 e. The Kier molecular flexibility index (Phi) is 3.13. The SMILES string of the molecule is O=c1cc(O)c2c(ccn2-c2ccc(-c3ccccc3O)cc2)[nH]1. The van der Waals surface area contributed by atoms with Gasteiger partial charge >= 0.3 is 0 Å². The molecular weight excluding hydrogens is 304 g/mol. The molecule has 3 N–H and O–H groups in total. The number of phenolic OH excluding ortho intramolecular Hbond substituents is 1. The largest absolute Gasteiger partial charge is 0.507 e. The van der Waals surface area contributed by atoms with E-state index in [2.05, 4.69) is 4.98 Å². The van der Waals surface area contributed by atoms with Gasteiger partial charge in [0, 0.05) is 23.5 Å². The molecule has 0 saturated heterocycles. The molecule has 0 fully saturated rings. The van der Waals surface area contributed by atoms with Crippen molar-refractivity contribution in [3.05, 3.63) is 77.2 Å². The number of hydrogen-bond acceptors (Lipinski definition) is 3. The van der Waals surface area contributed by atoms with E-state index in [-0.39, 0.29) is 17.1 Å². The Hall–Kier alpha value is -3.47. The lowest BCUT2D eigenvalue weighted by Gasteiger charge is -2.09. The van der Waals surface area contributed by atoms with Crippen LogP contribution in [0.1, 0.15) is 0 Å². The summed E-state index contributed by atoms with van der Waals surface area (Å²) in [5.74, 6) is 0.162. The molecule has 0 atom stereocenters. The molecule has 0 aliphatic carbocycles. The molecule has 0 aliphatic rings.